The monoisotopic (exact) mass is 242 g/mol. The van der Waals surface area contributed by atoms with Gasteiger partial charge in [-0.2, -0.15) is 0 Å². The van der Waals surface area contributed by atoms with E-state index in [1.807, 2.05) is 0 Å². The molecule has 1 aliphatic heterocycles. The van der Waals surface area contributed by atoms with E-state index in [4.69, 9.17) is 5.73 Å². The zero-order valence-corrected chi connectivity index (χ0v) is 9.36. The van der Waals surface area contributed by atoms with Gasteiger partial charge in [-0.1, -0.05) is 0 Å². The number of rotatable bonds is 3. The molecule has 1 heterocycles. The van der Waals surface area contributed by atoms with E-state index in [1.165, 1.54) is 0 Å². The summed E-state index contributed by atoms with van der Waals surface area (Å²) in [7, 11) is -2.90. The molecule has 84 valence electrons. The van der Waals surface area contributed by atoms with E-state index >= 15 is 0 Å². The predicted octanol–water partition coefficient (Wildman–Crippen LogP) is -0.940. The number of sulfone groups is 1. The number of nitrogens with two attached hydrogens (primary N) is 1. The molecule has 1 aliphatic rings. The maximum atomic E-state index is 11.0. The highest BCUT2D eigenvalue weighted by Crippen LogP contribution is 2.10. The molecule has 1 atom stereocenters. The highest BCUT2D eigenvalue weighted by atomic mass is 35.5. The SMILES string of the molecule is Cl.NCCC(=O)NC1CCS(=O)(=O)C1. The second-order valence-corrected chi connectivity index (χ2v) is 5.43. The second kappa shape index (κ2) is 5.53. The van der Waals surface area contributed by atoms with Gasteiger partial charge in [0.05, 0.1) is 11.5 Å². The van der Waals surface area contributed by atoms with Gasteiger partial charge in [-0.3, -0.25) is 4.79 Å². The van der Waals surface area contributed by atoms with Crippen LogP contribution < -0.4 is 11.1 Å². The minimum Gasteiger partial charge on any atom is -0.352 e. The quantitative estimate of drug-likeness (QED) is 0.669. The van der Waals surface area contributed by atoms with Gasteiger partial charge in [0.1, 0.15) is 0 Å². The van der Waals surface area contributed by atoms with Crippen molar-refractivity contribution in [2.75, 3.05) is 18.1 Å². The zero-order chi connectivity index (χ0) is 9.90. The molecule has 1 unspecified atom stereocenters. The molecule has 0 aromatic rings. The molecule has 0 radical (unpaired) electrons. The molecule has 0 aromatic carbocycles. The Labute approximate surface area is 89.8 Å². The van der Waals surface area contributed by atoms with Crippen LogP contribution in [0, 0.1) is 0 Å². The van der Waals surface area contributed by atoms with E-state index in [9.17, 15) is 13.2 Å². The Morgan fingerprint density at radius 1 is 1.50 bits per heavy atom. The average molecular weight is 243 g/mol. The molecule has 1 amide bonds. The van der Waals surface area contributed by atoms with Gasteiger partial charge in [-0.25, -0.2) is 8.42 Å². The van der Waals surface area contributed by atoms with Crippen LogP contribution in [-0.4, -0.2) is 38.4 Å². The maximum absolute atomic E-state index is 11.0. The number of carbonyl (C=O) groups excluding carboxylic acids is 1. The summed E-state index contributed by atoms with van der Waals surface area (Å²) in [6.07, 6.45) is 0.787. The second-order valence-electron chi connectivity index (χ2n) is 3.21. The zero-order valence-electron chi connectivity index (χ0n) is 7.73. The smallest absolute Gasteiger partial charge is 0.221 e. The minimum atomic E-state index is -2.90. The van der Waals surface area contributed by atoms with Crippen molar-refractivity contribution >= 4 is 28.2 Å². The first-order valence-corrected chi connectivity index (χ1v) is 6.05. The fourth-order valence-electron chi connectivity index (χ4n) is 1.34. The molecule has 1 fully saturated rings. The van der Waals surface area contributed by atoms with E-state index < -0.39 is 9.84 Å². The lowest BCUT2D eigenvalue weighted by Gasteiger charge is -2.09. The highest BCUT2D eigenvalue weighted by Gasteiger charge is 2.28. The van der Waals surface area contributed by atoms with Crippen molar-refractivity contribution in [2.45, 2.75) is 18.9 Å². The van der Waals surface area contributed by atoms with Gasteiger partial charge in [0.15, 0.2) is 9.84 Å². The van der Waals surface area contributed by atoms with Crippen molar-refractivity contribution in [2.24, 2.45) is 5.73 Å². The summed E-state index contributed by atoms with van der Waals surface area (Å²) in [5.41, 5.74) is 5.18. The molecule has 0 spiro atoms. The summed E-state index contributed by atoms with van der Waals surface area (Å²) >= 11 is 0. The van der Waals surface area contributed by atoms with E-state index in [0.717, 1.165) is 0 Å². The predicted molar refractivity (Wildman–Crippen MR) is 56.1 cm³/mol. The van der Waals surface area contributed by atoms with Gasteiger partial charge in [-0.15, -0.1) is 12.4 Å². The summed E-state index contributed by atoms with van der Waals surface area (Å²) in [5.74, 6) is 0.0914. The molecule has 3 N–H and O–H groups in total. The van der Waals surface area contributed by atoms with Crippen molar-refractivity contribution in [3.05, 3.63) is 0 Å². The summed E-state index contributed by atoms with van der Waals surface area (Å²) in [6, 6.07) is -0.205. The average Bonchev–Trinajstić information content (AvgIpc) is 2.30. The summed E-state index contributed by atoms with van der Waals surface area (Å²) < 4.78 is 22.0. The number of amides is 1. The lowest BCUT2D eigenvalue weighted by atomic mass is 10.2. The summed E-state index contributed by atoms with van der Waals surface area (Å²) in [5, 5.41) is 2.64. The van der Waals surface area contributed by atoms with E-state index in [2.05, 4.69) is 5.32 Å². The highest BCUT2D eigenvalue weighted by molar-refractivity contribution is 7.91. The van der Waals surface area contributed by atoms with Crippen molar-refractivity contribution in [1.29, 1.82) is 0 Å². The molecule has 0 aromatic heterocycles. The van der Waals surface area contributed by atoms with Crippen molar-refractivity contribution < 1.29 is 13.2 Å². The Kier molecular flexibility index (Phi) is 5.40. The minimum absolute atomic E-state index is 0. The van der Waals surface area contributed by atoms with Crippen LogP contribution in [-0.2, 0) is 14.6 Å². The topological polar surface area (TPSA) is 89.3 Å². The lowest BCUT2D eigenvalue weighted by molar-refractivity contribution is -0.121. The van der Waals surface area contributed by atoms with Crippen LogP contribution in [0.1, 0.15) is 12.8 Å². The fourth-order valence-corrected chi connectivity index (χ4v) is 3.01. The Hall–Kier alpha value is -0.330. The lowest BCUT2D eigenvalue weighted by Crippen LogP contribution is -2.36. The Balaban J connectivity index is 0.00000169. The first-order valence-electron chi connectivity index (χ1n) is 4.23. The van der Waals surface area contributed by atoms with Crippen LogP contribution in [0.25, 0.3) is 0 Å². The number of hydrogen-bond donors (Lipinski definition) is 2. The van der Waals surface area contributed by atoms with Crippen LogP contribution in [0.15, 0.2) is 0 Å². The van der Waals surface area contributed by atoms with Crippen LogP contribution in [0.5, 0.6) is 0 Å². The third-order valence-electron chi connectivity index (χ3n) is 1.97. The molecular formula is C7H15ClN2O3S. The van der Waals surface area contributed by atoms with E-state index in [0.29, 0.717) is 13.0 Å². The van der Waals surface area contributed by atoms with Crippen molar-refractivity contribution in [3.63, 3.8) is 0 Å². The molecule has 0 saturated carbocycles. The molecule has 14 heavy (non-hydrogen) atoms. The third-order valence-corrected chi connectivity index (χ3v) is 3.74. The molecule has 1 saturated heterocycles. The van der Waals surface area contributed by atoms with Crippen molar-refractivity contribution in [1.82, 2.24) is 5.32 Å². The third kappa shape index (κ3) is 4.26. The fraction of sp³-hybridized carbons (Fsp3) is 0.857. The van der Waals surface area contributed by atoms with Gasteiger partial charge in [0.2, 0.25) is 5.91 Å². The maximum Gasteiger partial charge on any atom is 0.221 e. The van der Waals surface area contributed by atoms with Crippen LogP contribution in [0.4, 0.5) is 0 Å². The number of hydrogen-bond acceptors (Lipinski definition) is 4. The Morgan fingerprint density at radius 3 is 2.57 bits per heavy atom. The molecule has 0 aliphatic carbocycles. The molecular weight excluding hydrogens is 228 g/mol. The molecule has 5 nitrogen and oxygen atoms in total. The van der Waals surface area contributed by atoms with Gasteiger partial charge in [0.25, 0.3) is 0 Å². The van der Waals surface area contributed by atoms with E-state index in [-0.39, 0.29) is 42.3 Å². The number of carbonyl (C=O) groups is 1. The Bertz CT molecular complexity index is 291. The van der Waals surface area contributed by atoms with Gasteiger partial charge in [0, 0.05) is 19.0 Å². The van der Waals surface area contributed by atoms with Crippen LogP contribution >= 0.6 is 12.4 Å². The number of nitrogens with one attached hydrogen (secondary N) is 1. The van der Waals surface area contributed by atoms with Crippen LogP contribution in [0.2, 0.25) is 0 Å². The van der Waals surface area contributed by atoms with Gasteiger partial charge >= 0.3 is 0 Å². The van der Waals surface area contributed by atoms with E-state index in [1.54, 1.807) is 0 Å². The summed E-state index contributed by atoms with van der Waals surface area (Å²) in [6.45, 7) is 0.297. The standard InChI is InChI=1S/C7H14N2O3S.ClH/c8-3-1-7(10)9-6-2-4-13(11,12)5-6;/h6H,1-5,8H2,(H,9,10);1H. The molecule has 0 bridgehead atoms. The number of halogens is 1. The van der Waals surface area contributed by atoms with Gasteiger partial charge in [-0.05, 0) is 6.42 Å². The first-order chi connectivity index (χ1) is 6.03. The summed E-state index contributed by atoms with van der Waals surface area (Å²) in [4.78, 5) is 11.0. The van der Waals surface area contributed by atoms with Crippen LogP contribution in [0.3, 0.4) is 0 Å². The Morgan fingerprint density at radius 2 is 2.14 bits per heavy atom. The van der Waals surface area contributed by atoms with Gasteiger partial charge < -0.3 is 11.1 Å². The molecule has 7 heteroatoms. The molecule has 1 rings (SSSR count). The van der Waals surface area contributed by atoms with Crippen molar-refractivity contribution in [3.8, 4) is 0 Å². The normalized spacial score (nSPS) is 23.9. The largest absolute Gasteiger partial charge is 0.352 e. The first kappa shape index (κ1) is 13.7.